The fraction of sp³-hybridized carbons (Fsp3) is 0.381. The fourth-order valence-electron chi connectivity index (χ4n) is 3.81. The van der Waals surface area contributed by atoms with Gasteiger partial charge < -0.3 is 5.32 Å². The van der Waals surface area contributed by atoms with Gasteiger partial charge in [-0.05, 0) is 49.1 Å². The van der Waals surface area contributed by atoms with E-state index in [9.17, 15) is 23.3 Å². The number of para-hydroxylation sites is 1. The van der Waals surface area contributed by atoms with E-state index in [0.717, 1.165) is 32.1 Å². The summed E-state index contributed by atoms with van der Waals surface area (Å²) in [6.45, 7) is 1.65. The predicted molar refractivity (Wildman–Crippen MR) is 115 cm³/mol. The summed E-state index contributed by atoms with van der Waals surface area (Å²) in [5.74, 6) is -0.0411. The molecule has 0 spiro atoms. The molecule has 2 aromatic rings. The second-order valence-electron chi connectivity index (χ2n) is 7.49. The highest BCUT2D eigenvalue weighted by molar-refractivity contribution is 7.93. The fourth-order valence-corrected chi connectivity index (χ4v) is 5.51. The van der Waals surface area contributed by atoms with Gasteiger partial charge in [0.25, 0.3) is 15.7 Å². The van der Waals surface area contributed by atoms with Crippen LogP contribution in [-0.2, 0) is 14.8 Å². The van der Waals surface area contributed by atoms with Gasteiger partial charge in [-0.25, -0.2) is 8.42 Å². The Morgan fingerprint density at radius 2 is 1.73 bits per heavy atom. The van der Waals surface area contributed by atoms with Gasteiger partial charge in [0.1, 0.15) is 0 Å². The Bertz CT molecular complexity index is 1020. The minimum atomic E-state index is -4.16. The average Bonchev–Trinajstić information content (AvgIpc) is 2.73. The molecule has 0 unspecified atom stereocenters. The zero-order valence-electron chi connectivity index (χ0n) is 16.8. The van der Waals surface area contributed by atoms with E-state index in [1.807, 2.05) is 0 Å². The lowest BCUT2D eigenvalue weighted by Gasteiger charge is -2.30. The zero-order valence-corrected chi connectivity index (χ0v) is 17.6. The molecule has 0 radical (unpaired) electrons. The number of amides is 1. The van der Waals surface area contributed by atoms with E-state index >= 15 is 0 Å². The molecule has 1 aliphatic carbocycles. The third-order valence-corrected chi connectivity index (χ3v) is 7.10. The Balaban J connectivity index is 2.02. The summed E-state index contributed by atoms with van der Waals surface area (Å²) in [4.78, 5) is 21.7. The van der Waals surface area contributed by atoms with Gasteiger partial charge >= 0.3 is 0 Å². The molecule has 0 bridgehead atoms. The molecule has 0 aromatic heterocycles. The van der Waals surface area contributed by atoms with Crippen LogP contribution in [0.4, 0.5) is 17.1 Å². The molecule has 9 heteroatoms. The van der Waals surface area contributed by atoms with E-state index in [-0.39, 0.29) is 23.3 Å². The number of nitrogens with one attached hydrogen (secondary N) is 1. The van der Waals surface area contributed by atoms with Crippen LogP contribution in [0.2, 0.25) is 0 Å². The molecule has 0 aliphatic heterocycles. The Kier molecular flexibility index (Phi) is 6.71. The molecule has 0 atom stereocenters. The summed E-state index contributed by atoms with van der Waals surface area (Å²) in [5, 5.41) is 14.1. The van der Waals surface area contributed by atoms with Gasteiger partial charge in [-0.1, -0.05) is 31.4 Å². The first-order valence-electron chi connectivity index (χ1n) is 9.93. The van der Waals surface area contributed by atoms with Crippen LogP contribution in [0.15, 0.2) is 53.4 Å². The van der Waals surface area contributed by atoms with Crippen LogP contribution in [0.3, 0.4) is 0 Å². The summed E-state index contributed by atoms with van der Waals surface area (Å²) in [5.41, 5.74) is 0.515. The number of nitrogens with zero attached hydrogens (tertiary/aromatic N) is 2. The minimum Gasteiger partial charge on any atom is -0.326 e. The largest absolute Gasteiger partial charge is 0.326 e. The minimum absolute atomic E-state index is 0.186. The SMILES string of the molecule is CC(=O)Nc1ccc(N(CC2CCCCC2)S(=O)(=O)c2ccccc2[N+](=O)[O-])cc1. The number of carbonyl (C=O) groups excluding carboxylic acids is 1. The number of carbonyl (C=O) groups is 1. The molecule has 1 saturated carbocycles. The van der Waals surface area contributed by atoms with Crippen molar-refractivity contribution in [3.63, 3.8) is 0 Å². The van der Waals surface area contributed by atoms with Gasteiger partial charge in [0, 0.05) is 25.2 Å². The maximum atomic E-state index is 13.5. The van der Waals surface area contributed by atoms with Crippen molar-refractivity contribution in [3.8, 4) is 0 Å². The predicted octanol–water partition coefficient (Wildman–Crippen LogP) is 4.33. The summed E-state index contributed by atoms with van der Waals surface area (Å²) < 4.78 is 28.4. The highest BCUT2D eigenvalue weighted by Crippen LogP contribution is 2.33. The van der Waals surface area contributed by atoms with Crippen LogP contribution in [0.5, 0.6) is 0 Å². The Morgan fingerprint density at radius 3 is 2.33 bits per heavy atom. The summed E-state index contributed by atoms with van der Waals surface area (Å²) in [6, 6.07) is 11.9. The van der Waals surface area contributed by atoms with E-state index in [0.29, 0.717) is 11.4 Å². The van der Waals surface area contributed by atoms with Crippen molar-refractivity contribution < 1.29 is 18.1 Å². The van der Waals surface area contributed by atoms with Gasteiger partial charge in [-0.15, -0.1) is 0 Å². The molecule has 0 saturated heterocycles. The van der Waals surface area contributed by atoms with Crippen molar-refractivity contribution in [1.29, 1.82) is 0 Å². The number of hydrogen-bond acceptors (Lipinski definition) is 5. The first-order valence-corrected chi connectivity index (χ1v) is 11.4. The molecule has 3 rings (SSSR count). The molecular formula is C21H25N3O5S. The van der Waals surface area contributed by atoms with Gasteiger partial charge in [-0.3, -0.25) is 19.2 Å². The van der Waals surface area contributed by atoms with Crippen LogP contribution in [0.25, 0.3) is 0 Å². The second kappa shape index (κ2) is 9.25. The van der Waals surface area contributed by atoms with Gasteiger partial charge in [0.2, 0.25) is 5.91 Å². The summed E-state index contributed by atoms with van der Waals surface area (Å²) in [7, 11) is -4.16. The molecule has 1 aliphatic rings. The highest BCUT2D eigenvalue weighted by atomic mass is 32.2. The normalized spacial score (nSPS) is 14.8. The van der Waals surface area contributed by atoms with Crippen molar-refractivity contribution in [1.82, 2.24) is 0 Å². The topological polar surface area (TPSA) is 110 Å². The maximum Gasteiger partial charge on any atom is 0.289 e. The number of sulfonamides is 1. The van der Waals surface area contributed by atoms with Gasteiger partial charge in [0.15, 0.2) is 4.90 Å². The maximum absolute atomic E-state index is 13.5. The quantitative estimate of drug-likeness (QED) is 0.518. The Labute approximate surface area is 176 Å². The Hall–Kier alpha value is -2.94. The molecular weight excluding hydrogens is 406 g/mol. The summed E-state index contributed by atoms with van der Waals surface area (Å²) in [6.07, 6.45) is 5.08. The van der Waals surface area contributed by atoms with E-state index in [1.165, 1.54) is 35.5 Å². The van der Waals surface area contributed by atoms with E-state index in [2.05, 4.69) is 5.32 Å². The molecule has 30 heavy (non-hydrogen) atoms. The lowest BCUT2D eigenvalue weighted by atomic mass is 9.89. The van der Waals surface area contributed by atoms with Crippen LogP contribution in [-0.4, -0.2) is 25.8 Å². The molecule has 160 valence electrons. The second-order valence-corrected chi connectivity index (χ2v) is 9.32. The van der Waals surface area contributed by atoms with E-state index in [4.69, 9.17) is 0 Å². The first kappa shape index (κ1) is 21.8. The third kappa shape index (κ3) is 4.96. The molecule has 1 fully saturated rings. The number of anilines is 2. The monoisotopic (exact) mass is 431 g/mol. The number of nitro benzene ring substituents is 1. The lowest BCUT2D eigenvalue weighted by Crippen LogP contribution is -2.36. The first-order chi connectivity index (χ1) is 14.3. The Morgan fingerprint density at radius 1 is 1.10 bits per heavy atom. The van der Waals surface area contributed by atoms with Gasteiger partial charge in [-0.2, -0.15) is 0 Å². The third-order valence-electron chi connectivity index (χ3n) is 5.25. The smallest absolute Gasteiger partial charge is 0.289 e. The van der Waals surface area contributed by atoms with Crippen LogP contribution in [0, 0.1) is 16.0 Å². The lowest BCUT2D eigenvalue weighted by molar-refractivity contribution is -0.387. The van der Waals surface area contributed by atoms with Crippen molar-refractivity contribution in [2.45, 2.75) is 43.9 Å². The number of nitro groups is 1. The molecule has 2 aromatic carbocycles. The number of benzene rings is 2. The zero-order chi connectivity index (χ0) is 21.7. The standard InChI is InChI=1S/C21H25N3O5S/c1-16(25)22-18-11-13-19(14-12-18)23(15-17-7-3-2-4-8-17)30(28,29)21-10-6-5-9-20(21)24(26)27/h5-6,9-14,17H,2-4,7-8,15H2,1H3,(H,22,25). The average molecular weight is 432 g/mol. The van der Waals surface area contributed by atoms with Crippen LogP contribution >= 0.6 is 0 Å². The molecule has 1 N–H and O–H groups in total. The van der Waals surface area contributed by atoms with Gasteiger partial charge in [0.05, 0.1) is 10.6 Å². The molecule has 8 nitrogen and oxygen atoms in total. The van der Waals surface area contributed by atoms with E-state index < -0.39 is 20.6 Å². The summed E-state index contributed by atoms with van der Waals surface area (Å²) >= 11 is 0. The van der Waals surface area contributed by atoms with Crippen LogP contribution < -0.4 is 9.62 Å². The van der Waals surface area contributed by atoms with Crippen molar-refractivity contribution in [3.05, 3.63) is 58.6 Å². The molecule has 0 heterocycles. The van der Waals surface area contributed by atoms with E-state index in [1.54, 1.807) is 24.3 Å². The van der Waals surface area contributed by atoms with Crippen LogP contribution in [0.1, 0.15) is 39.0 Å². The molecule has 1 amide bonds. The van der Waals surface area contributed by atoms with Crippen molar-refractivity contribution in [2.75, 3.05) is 16.2 Å². The van der Waals surface area contributed by atoms with Crippen molar-refractivity contribution in [2.24, 2.45) is 5.92 Å². The number of hydrogen-bond donors (Lipinski definition) is 1. The number of rotatable bonds is 7. The highest BCUT2D eigenvalue weighted by Gasteiger charge is 2.33. The van der Waals surface area contributed by atoms with Crippen molar-refractivity contribution >= 4 is 33.0 Å².